The van der Waals surface area contributed by atoms with E-state index in [4.69, 9.17) is 14.9 Å². The highest BCUT2D eigenvalue weighted by atomic mass is 32.1. The van der Waals surface area contributed by atoms with Gasteiger partial charge in [0.05, 0.1) is 11.9 Å². The summed E-state index contributed by atoms with van der Waals surface area (Å²) in [5, 5.41) is 6.82. The van der Waals surface area contributed by atoms with Gasteiger partial charge >= 0.3 is 6.18 Å². The van der Waals surface area contributed by atoms with Crippen molar-refractivity contribution in [2.24, 2.45) is 12.8 Å². The Morgan fingerprint density at radius 3 is 2.43 bits per heavy atom. The van der Waals surface area contributed by atoms with E-state index >= 15 is 0 Å². The molecule has 4 heterocycles. The number of pyridine rings is 1. The van der Waals surface area contributed by atoms with Crippen LogP contribution in [-0.2, 0) is 19.8 Å². The number of Topliss-reactive ketones (excluding diaryl/α,β-unsaturated/α-hetero) is 1. The van der Waals surface area contributed by atoms with Gasteiger partial charge in [0, 0.05) is 29.3 Å². The topological polar surface area (TPSA) is 142 Å². The number of rotatable bonds is 8. The number of ether oxygens (including phenoxy) is 1. The summed E-state index contributed by atoms with van der Waals surface area (Å²) in [5.41, 5.74) is 5.80. The summed E-state index contributed by atoms with van der Waals surface area (Å²) in [6.45, 7) is 3.09. The van der Waals surface area contributed by atoms with E-state index in [2.05, 4.69) is 15.4 Å². The van der Waals surface area contributed by atoms with Gasteiger partial charge in [0.2, 0.25) is 0 Å². The Kier molecular flexibility index (Phi) is 7.33. The molecule has 0 saturated carbocycles. The maximum absolute atomic E-state index is 13.8. The summed E-state index contributed by atoms with van der Waals surface area (Å²) in [4.78, 5) is 40.4. The fraction of sp³-hybridized carbons (Fsp3) is 0.179. The average molecular weight is 598 g/mol. The lowest BCUT2D eigenvalue weighted by molar-refractivity contribution is -0.140. The lowest BCUT2D eigenvalue weighted by atomic mass is 10.0. The molecule has 0 radical (unpaired) electrons. The molecule has 0 unspecified atom stereocenters. The molecule has 0 fully saturated rings. The number of fused-ring (bicyclic) bond motifs is 1. The zero-order valence-electron chi connectivity index (χ0n) is 22.3. The first kappa shape index (κ1) is 28.5. The summed E-state index contributed by atoms with van der Waals surface area (Å²) < 4.78 is 54.0. The number of hydrogen-bond acceptors (Lipinski definition) is 8. The summed E-state index contributed by atoms with van der Waals surface area (Å²) >= 11 is 0.635. The van der Waals surface area contributed by atoms with Crippen LogP contribution < -0.4 is 15.8 Å². The summed E-state index contributed by atoms with van der Waals surface area (Å²) in [6, 6.07) is 10.2. The van der Waals surface area contributed by atoms with Gasteiger partial charge in [-0.1, -0.05) is 0 Å². The normalized spacial score (nSPS) is 11.6. The van der Waals surface area contributed by atoms with Gasteiger partial charge < -0.3 is 20.2 Å². The number of hydrogen-bond donors (Lipinski definition) is 2. The van der Waals surface area contributed by atoms with E-state index < -0.39 is 23.7 Å². The van der Waals surface area contributed by atoms with Gasteiger partial charge in [-0.2, -0.15) is 18.3 Å². The van der Waals surface area contributed by atoms with Crippen molar-refractivity contribution in [1.82, 2.24) is 14.8 Å². The minimum Gasteiger partial charge on any atom is -0.486 e. The van der Waals surface area contributed by atoms with Crippen LogP contribution in [0.15, 0.2) is 53.1 Å². The number of primary amides is 1. The molecule has 42 heavy (non-hydrogen) atoms. The van der Waals surface area contributed by atoms with Crippen LogP contribution in [0.2, 0.25) is 0 Å². The third-order valence-electron chi connectivity index (χ3n) is 6.47. The van der Waals surface area contributed by atoms with Gasteiger partial charge in [0.25, 0.3) is 11.8 Å². The molecule has 5 aromatic rings. The first-order chi connectivity index (χ1) is 19.8. The number of nitrogens with zero attached hydrogens (tertiary/aromatic N) is 3. The van der Waals surface area contributed by atoms with Crippen LogP contribution >= 0.6 is 11.3 Å². The molecule has 4 aromatic heterocycles. The third-order valence-corrected chi connectivity index (χ3v) is 7.57. The maximum atomic E-state index is 13.8. The van der Waals surface area contributed by atoms with Crippen LogP contribution in [0.5, 0.6) is 5.75 Å². The fourth-order valence-corrected chi connectivity index (χ4v) is 5.21. The van der Waals surface area contributed by atoms with Crippen molar-refractivity contribution in [3.8, 4) is 16.9 Å². The number of amides is 2. The highest BCUT2D eigenvalue weighted by Gasteiger charge is 2.35. The third kappa shape index (κ3) is 5.48. The molecule has 216 valence electrons. The standard InChI is InChI=1S/C28H22F3N5O5S/c1-13-19(11-33-36(13)3)18-10-21(28(29,30)31)34-27-22(18)23(24(42-27)25(32)38)35-26(39)20-9-8-17(41-20)12-40-16-6-4-15(5-7-16)14(2)37/h4-11H,12H2,1-3H3,(H2,32,38)(H,35,39). The van der Waals surface area contributed by atoms with E-state index in [0.29, 0.717) is 39.7 Å². The summed E-state index contributed by atoms with van der Waals surface area (Å²) in [7, 11) is 1.63. The maximum Gasteiger partial charge on any atom is 0.433 e. The second-order valence-corrected chi connectivity index (χ2v) is 10.3. The number of ketones is 1. The highest BCUT2D eigenvalue weighted by Crippen LogP contribution is 2.44. The van der Waals surface area contributed by atoms with Gasteiger partial charge in [-0.3, -0.25) is 19.1 Å². The largest absolute Gasteiger partial charge is 0.486 e. The number of aryl methyl sites for hydroxylation is 1. The van der Waals surface area contributed by atoms with Crippen LogP contribution in [-0.4, -0.2) is 32.4 Å². The smallest absolute Gasteiger partial charge is 0.433 e. The van der Waals surface area contributed by atoms with E-state index in [9.17, 15) is 27.6 Å². The Morgan fingerprint density at radius 2 is 1.83 bits per heavy atom. The number of carbonyl (C=O) groups excluding carboxylic acids is 3. The second kappa shape index (κ2) is 10.8. The monoisotopic (exact) mass is 597 g/mol. The van der Waals surface area contributed by atoms with Crippen molar-refractivity contribution >= 4 is 44.8 Å². The van der Waals surface area contributed by atoms with Gasteiger partial charge in [-0.05, 0) is 61.9 Å². The molecule has 0 aliphatic heterocycles. The zero-order valence-corrected chi connectivity index (χ0v) is 23.1. The summed E-state index contributed by atoms with van der Waals surface area (Å²) in [5.74, 6) is -1.19. The number of furan rings is 1. The predicted molar refractivity (Wildman–Crippen MR) is 148 cm³/mol. The molecule has 0 spiro atoms. The van der Waals surface area contributed by atoms with Gasteiger partial charge in [0.15, 0.2) is 11.5 Å². The quantitative estimate of drug-likeness (QED) is 0.217. The number of aromatic nitrogens is 3. The van der Waals surface area contributed by atoms with E-state index in [1.54, 1.807) is 38.2 Å². The van der Waals surface area contributed by atoms with Crippen molar-refractivity contribution in [2.75, 3.05) is 5.32 Å². The van der Waals surface area contributed by atoms with E-state index in [-0.39, 0.29) is 44.5 Å². The van der Waals surface area contributed by atoms with Crippen molar-refractivity contribution in [2.45, 2.75) is 26.6 Å². The van der Waals surface area contributed by atoms with E-state index in [0.717, 1.165) is 6.07 Å². The first-order valence-electron chi connectivity index (χ1n) is 12.3. The van der Waals surface area contributed by atoms with Crippen LogP contribution in [0.1, 0.15) is 54.7 Å². The molecule has 14 heteroatoms. The number of halogens is 3. The zero-order chi connectivity index (χ0) is 30.3. The van der Waals surface area contributed by atoms with Crippen molar-refractivity contribution in [3.05, 3.63) is 82.0 Å². The van der Waals surface area contributed by atoms with Gasteiger partial charge in [-0.15, -0.1) is 11.3 Å². The molecule has 0 atom stereocenters. The Hall–Kier alpha value is -4.98. The number of benzene rings is 1. The van der Waals surface area contributed by atoms with Gasteiger partial charge in [0.1, 0.15) is 33.5 Å². The molecule has 5 rings (SSSR count). The highest BCUT2D eigenvalue weighted by molar-refractivity contribution is 7.21. The van der Waals surface area contributed by atoms with Crippen molar-refractivity contribution < 1.29 is 36.7 Å². The van der Waals surface area contributed by atoms with E-state index in [1.807, 2.05) is 0 Å². The van der Waals surface area contributed by atoms with Crippen LogP contribution in [0, 0.1) is 6.92 Å². The fourth-order valence-electron chi connectivity index (χ4n) is 4.20. The molecule has 0 bridgehead atoms. The molecule has 0 aliphatic carbocycles. The molecular formula is C28H22F3N5O5S. The molecule has 2 amide bonds. The summed E-state index contributed by atoms with van der Waals surface area (Å²) in [6.07, 6.45) is -3.38. The Bertz CT molecular complexity index is 1850. The van der Waals surface area contributed by atoms with Crippen molar-refractivity contribution in [3.63, 3.8) is 0 Å². The SMILES string of the molecule is CC(=O)c1ccc(OCc2ccc(C(=O)Nc3c(C(N)=O)sc4nc(C(F)(F)F)cc(-c5cnn(C)c5C)c34)o2)cc1. The van der Waals surface area contributed by atoms with Gasteiger partial charge in [-0.25, -0.2) is 4.98 Å². The van der Waals surface area contributed by atoms with Crippen LogP contribution in [0.4, 0.5) is 18.9 Å². The number of nitrogens with two attached hydrogens (primary N) is 1. The molecule has 10 nitrogen and oxygen atoms in total. The lowest BCUT2D eigenvalue weighted by Crippen LogP contribution is -2.16. The molecule has 0 aliphatic rings. The number of carbonyl (C=O) groups is 3. The molecule has 1 aromatic carbocycles. The number of nitrogens with one attached hydrogen (secondary N) is 1. The number of anilines is 1. The van der Waals surface area contributed by atoms with Crippen molar-refractivity contribution in [1.29, 1.82) is 0 Å². The Labute approximate surface area is 239 Å². The minimum absolute atomic E-state index is 0.0326. The van der Waals surface area contributed by atoms with Crippen LogP contribution in [0.3, 0.4) is 0 Å². The lowest BCUT2D eigenvalue weighted by Gasteiger charge is -2.12. The van der Waals surface area contributed by atoms with E-state index in [1.165, 1.54) is 29.9 Å². The Balaban J connectivity index is 1.48. The van der Waals surface area contributed by atoms with Crippen LogP contribution in [0.25, 0.3) is 21.3 Å². The molecule has 3 N–H and O–H groups in total. The predicted octanol–water partition coefficient (Wildman–Crippen LogP) is 5.75. The molecular weight excluding hydrogens is 575 g/mol. The molecule has 0 saturated heterocycles. The number of thiophene rings is 1. The average Bonchev–Trinajstić information content (AvgIpc) is 3.65. The number of alkyl halides is 3. The first-order valence-corrected chi connectivity index (χ1v) is 13.1. The Morgan fingerprint density at radius 1 is 1.12 bits per heavy atom. The second-order valence-electron chi connectivity index (χ2n) is 9.26. The minimum atomic E-state index is -4.78.